The van der Waals surface area contributed by atoms with Crippen molar-refractivity contribution in [2.24, 2.45) is 10.4 Å². The summed E-state index contributed by atoms with van der Waals surface area (Å²) in [5.41, 5.74) is -0.0669. The van der Waals surface area contributed by atoms with Crippen molar-refractivity contribution in [3.8, 4) is 11.8 Å². The zero-order valence-electron chi connectivity index (χ0n) is 14.2. The van der Waals surface area contributed by atoms with E-state index < -0.39 is 11.7 Å². The molecule has 0 aromatic heterocycles. The van der Waals surface area contributed by atoms with Gasteiger partial charge in [0.15, 0.2) is 5.96 Å². The van der Waals surface area contributed by atoms with Crippen LogP contribution in [0.15, 0.2) is 29.3 Å². The van der Waals surface area contributed by atoms with Crippen LogP contribution >= 0.6 is 0 Å². The summed E-state index contributed by atoms with van der Waals surface area (Å²) in [7, 11) is 1.72. The quantitative estimate of drug-likeness (QED) is 0.483. The van der Waals surface area contributed by atoms with E-state index in [9.17, 15) is 13.2 Å². The van der Waals surface area contributed by atoms with Crippen molar-refractivity contribution < 1.29 is 13.2 Å². The molecule has 0 unspecified atom stereocenters. The van der Waals surface area contributed by atoms with E-state index >= 15 is 0 Å². The molecule has 0 atom stereocenters. The molecule has 1 N–H and O–H groups in total. The van der Waals surface area contributed by atoms with Crippen LogP contribution in [-0.4, -0.2) is 37.5 Å². The van der Waals surface area contributed by atoms with Crippen LogP contribution in [0.5, 0.6) is 0 Å². The molecule has 2 rings (SSSR count). The van der Waals surface area contributed by atoms with Gasteiger partial charge in [0.25, 0.3) is 0 Å². The number of likely N-dealkylation sites (tertiary alicyclic amines) is 1. The molecular formula is C18H22F3N3. The van der Waals surface area contributed by atoms with Crippen LogP contribution in [0.2, 0.25) is 0 Å². The summed E-state index contributed by atoms with van der Waals surface area (Å²) in [6, 6.07) is 5.04. The van der Waals surface area contributed by atoms with E-state index in [2.05, 4.69) is 40.9 Å². The minimum Gasteiger partial charge on any atom is -0.345 e. The summed E-state index contributed by atoms with van der Waals surface area (Å²) >= 11 is 0. The third-order valence-electron chi connectivity index (χ3n) is 3.95. The van der Waals surface area contributed by atoms with Crippen molar-refractivity contribution in [3.05, 3.63) is 35.4 Å². The highest BCUT2D eigenvalue weighted by molar-refractivity contribution is 5.80. The van der Waals surface area contributed by atoms with Gasteiger partial charge in [-0.15, -0.1) is 0 Å². The number of rotatable bonds is 1. The first-order valence-electron chi connectivity index (χ1n) is 7.83. The molecule has 0 spiro atoms. The van der Waals surface area contributed by atoms with Gasteiger partial charge in [-0.1, -0.05) is 31.8 Å². The molecular weight excluding hydrogens is 315 g/mol. The molecule has 6 heteroatoms. The van der Waals surface area contributed by atoms with E-state index in [-0.39, 0.29) is 5.41 Å². The van der Waals surface area contributed by atoms with Crippen molar-refractivity contribution in [1.82, 2.24) is 10.2 Å². The van der Waals surface area contributed by atoms with Crippen LogP contribution in [0.25, 0.3) is 0 Å². The number of hydrogen-bond acceptors (Lipinski definition) is 1. The predicted molar refractivity (Wildman–Crippen MR) is 89.7 cm³/mol. The van der Waals surface area contributed by atoms with Gasteiger partial charge in [0.2, 0.25) is 0 Å². The number of aliphatic imine (C=N–C) groups is 1. The highest BCUT2D eigenvalue weighted by atomic mass is 19.4. The smallest absolute Gasteiger partial charge is 0.345 e. The predicted octanol–water partition coefficient (Wildman–Crippen LogP) is 3.36. The average Bonchev–Trinajstić information content (AvgIpc) is 2.87. The largest absolute Gasteiger partial charge is 0.416 e. The molecule has 1 aliphatic heterocycles. The number of benzene rings is 1. The SMILES string of the molecule is CN=C(NCC#Cc1cccc(C(F)(F)F)c1)N1CCC(C)(C)C1. The Labute approximate surface area is 141 Å². The Kier molecular flexibility index (Phi) is 5.43. The van der Waals surface area contributed by atoms with E-state index in [4.69, 9.17) is 0 Å². The Balaban J connectivity index is 1.94. The van der Waals surface area contributed by atoms with E-state index in [0.29, 0.717) is 12.1 Å². The van der Waals surface area contributed by atoms with Crippen molar-refractivity contribution in [1.29, 1.82) is 0 Å². The highest BCUT2D eigenvalue weighted by Gasteiger charge is 2.31. The van der Waals surface area contributed by atoms with E-state index in [1.54, 1.807) is 13.1 Å². The summed E-state index contributed by atoms with van der Waals surface area (Å²) < 4.78 is 38.0. The lowest BCUT2D eigenvalue weighted by atomic mass is 9.93. The molecule has 1 aliphatic rings. The van der Waals surface area contributed by atoms with Crippen LogP contribution < -0.4 is 5.32 Å². The molecule has 1 fully saturated rings. The first kappa shape index (κ1) is 18.2. The molecule has 0 bridgehead atoms. The molecule has 3 nitrogen and oxygen atoms in total. The van der Waals surface area contributed by atoms with Gasteiger partial charge in [-0.05, 0) is 30.0 Å². The second-order valence-electron chi connectivity index (χ2n) is 6.62. The number of hydrogen-bond donors (Lipinski definition) is 1. The Hall–Kier alpha value is -2.16. The molecule has 24 heavy (non-hydrogen) atoms. The number of guanidine groups is 1. The van der Waals surface area contributed by atoms with Crippen molar-refractivity contribution in [2.45, 2.75) is 26.4 Å². The number of nitrogens with one attached hydrogen (secondary N) is 1. The Morgan fingerprint density at radius 1 is 1.38 bits per heavy atom. The molecule has 0 saturated carbocycles. The fourth-order valence-electron chi connectivity index (χ4n) is 2.67. The Bertz CT molecular complexity index is 666. The van der Waals surface area contributed by atoms with Crippen LogP contribution in [0.3, 0.4) is 0 Å². The third kappa shape index (κ3) is 4.92. The summed E-state index contributed by atoms with van der Waals surface area (Å²) in [5.74, 6) is 6.39. The van der Waals surface area contributed by atoms with Gasteiger partial charge in [-0.3, -0.25) is 4.99 Å². The highest BCUT2D eigenvalue weighted by Crippen LogP contribution is 2.29. The second-order valence-corrected chi connectivity index (χ2v) is 6.62. The monoisotopic (exact) mass is 337 g/mol. The normalized spacial score (nSPS) is 17.4. The zero-order chi connectivity index (χ0) is 17.8. The molecule has 1 aromatic rings. The molecule has 1 aromatic carbocycles. The van der Waals surface area contributed by atoms with Gasteiger partial charge in [-0.25, -0.2) is 0 Å². The lowest BCUT2D eigenvalue weighted by Crippen LogP contribution is -2.40. The molecule has 0 aliphatic carbocycles. The topological polar surface area (TPSA) is 27.6 Å². The molecule has 1 saturated heterocycles. The third-order valence-corrected chi connectivity index (χ3v) is 3.95. The maximum atomic E-state index is 12.7. The molecule has 0 amide bonds. The summed E-state index contributed by atoms with van der Waals surface area (Å²) in [6.07, 6.45) is -3.25. The average molecular weight is 337 g/mol. The van der Waals surface area contributed by atoms with Crippen LogP contribution in [0.4, 0.5) is 13.2 Å². The van der Waals surface area contributed by atoms with E-state index in [1.165, 1.54) is 6.07 Å². The number of halogens is 3. The molecule has 130 valence electrons. The van der Waals surface area contributed by atoms with Gasteiger partial charge < -0.3 is 10.2 Å². The van der Waals surface area contributed by atoms with Crippen LogP contribution in [0, 0.1) is 17.3 Å². The number of nitrogens with zero attached hydrogens (tertiary/aromatic N) is 2. The summed E-state index contributed by atoms with van der Waals surface area (Å²) in [6.45, 7) is 6.63. The maximum Gasteiger partial charge on any atom is 0.416 e. The first-order valence-corrected chi connectivity index (χ1v) is 7.83. The minimum absolute atomic E-state index is 0.265. The lowest BCUT2D eigenvalue weighted by Gasteiger charge is -2.22. The van der Waals surface area contributed by atoms with Crippen molar-refractivity contribution in [2.75, 3.05) is 26.7 Å². The first-order chi connectivity index (χ1) is 11.2. The van der Waals surface area contributed by atoms with E-state index in [1.807, 2.05) is 0 Å². The lowest BCUT2D eigenvalue weighted by molar-refractivity contribution is -0.137. The zero-order valence-corrected chi connectivity index (χ0v) is 14.2. The van der Waals surface area contributed by atoms with Gasteiger partial charge in [-0.2, -0.15) is 13.2 Å². The maximum absolute atomic E-state index is 12.7. The van der Waals surface area contributed by atoms with Crippen molar-refractivity contribution >= 4 is 5.96 Å². The fraction of sp³-hybridized carbons (Fsp3) is 0.500. The molecule has 1 heterocycles. The Morgan fingerprint density at radius 3 is 2.71 bits per heavy atom. The van der Waals surface area contributed by atoms with Crippen LogP contribution in [-0.2, 0) is 6.18 Å². The van der Waals surface area contributed by atoms with Gasteiger partial charge >= 0.3 is 6.18 Å². The van der Waals surface area contributed by atoms with Gasteiger partial charge in [0.1, 0.15) is 0 Å². The number of alkyl halides is 3. The van der Waals surface area contributed by atoms with Gasteiger partial charge in [0.05, 0.1) is 12.1 Å². The minimum atomic E-state index is -4.35. The van der Waals surface area contributed by atoms with E-state index in [0.717, 1.165) is 37.6 Å². The Morgan fingerprint density at radius 2 is 2.12 bits per heavy atom. The van der Waals surface area contributed by atoms with Gasteiger partial charge in [0, 0.05) is 25.7 Å². The van der Waals surface area contributed by atoms with Crippen molar-refractivity contribution in [3.63, 3.8) is 0 Å². The van der Waals surface area contributed by atoms with Crippen LogP contribution in [0.1, 0.15) is 31.4 Å². The second kappa shape index (κ2) is 7.16. The summed E-state index contributed by atoms with van der Waals surface area (Å²) in [4.78, 5) is 6.41. The standard InChI is InChI=1S/C18H22F3N3/c1-17(2)9-11-24(13-17)16(22-3)23-10-5-7-14-6-4-8-15(12-14)18(19,20)21/h4,6,8,12H,9-11,13H2,1-3H3,(H,22,23). The molecule has 0 radical (unpaired) electrons. The summed E-state index contributed by atoms with van der Waals surface area (Å²) in [5, 5.41) is 3.14. The fourth-order valence-corrected chi connectivity index (χ4v) is 2.67.